The van der Waals surface area contributed by atoms with Crippen LogP contribution in [0.4, 0.5) is 0 Å². The first-order chi connectivity index (χ1) is 33.6. The third-order valence-electron chi connectivity index (χ3n) is 13.9. The van der Waals surface area contributed by atoms with Gasteiger partial charge in [-0.1, -0.05) is 127 Å². The van der Waals surface area contributed by atoms with Gasteiger partial charge in [-0.2, -0.15) is 10.5 Å². The highest BCUT2D eigenvalue weighted by Crippen LogP contribution is 2.44. The summed E-state index contributed by atoms with van der Waals surface area (Å²) in [5, 5.41) is 30.1. The summed E-state index contributed by atoms with van der Waals surface area (Å²) >= 11 is 0. The SMILES string of the molecule is N#Cc1ccccc1-c1ccc(-c2cc(-n3c4ccccc4c4cc5c(cc43)oc3ccccc35)cc(-n3c4ccccc4c4c3ccc3c5ccccc5n(-c5ccccc5)c34)c2)c(C#N)c1. The lowest BCUT2D eigenvalue weighted by atomic mass is 9.93. The summed E-state index contributed by atoms with van der Waals surface area (Å²) in [7, 11) is 0. The van der Waals surface area contributed by atoms with Crippen LogP contribution in [0.1, 0.15) is 11.1 Å². The zero-order valence-corrected chi connectivity index (χ0v) is 36.4. The molecular weight excluding hydrogens is 831 g/mol. The van der Waals surface area contributed by atoms with Crippen molar-refractivity contribution in [3.05, 3.63) is 223 Å². The summed E-state index contributed by atoms with van der Waals surface area (Å²) < 4.78 is 13.7. The summed E-state index contributed by atoms with van der Waals surface area (Å²) in [6.45, 7) is 0. The Kier molecular flexibility index (Phi) is 8.01. The van der Waals surface area contributed by atoms with E-state index in [9.17, 15) is 10.5 Å². The molecule has 0 amide bonds. The zero-order valence-electron chi connectivity index (χ0n) is 36.4. The van der Waals surface area contributed by atoms with Crippen molar-refractivity contribution >= 4 is 87.4 Å². The molecule has 0 fully saturated rings. The Balaban J connectivity index is 1.10. The second kappa shape index (κ2) is 14.4. The Morgan fingerprint density at radius 2 is 0.926 bits per heavy atom. The van der Waals surface area contributed by atoms with Crippen molar-refractivity contribution in [3.8, 4) is 51.5 Å². The molecule has 10 aromatic carbocycles. The number of benzene rings is 10. The molecule has 0 saturated carbocycles. The van der Waals surface area contributed by atoms with Gasteiger partial charge in [0, 0.05) is 66.2 Å². The molecule has 0 unspecified atom stereocenters. The zero-order chi connectivity index (χ0) is 45.0. The number of fused-ring (bicyclic) bond motifs is 13. The van der Waals surface area contributed by atoms with Crippen LogP contribution in [0.5, 0.6) is 0 Å². The van der Waals surface area contributed by atoms with E-state index in [1.54, 1.807) is 0 Å². The molecule has 0 aliphatic heterocycles. The van der Waals surface area contributed by atoms with E-state index < -0.39 is 0 Å². The summed E-state index contributed by atoms with van der Waals surface area (Å²) in [6, 6.07) is 78.9. The second-order valence-electron chi connectivity index (χ2n) is 17.5. The fourth-order valence-corrected chi connectivity index (χ4v) is 11.0. The van der Waals surface area contributed by atoms with Gasteiger partial charge in [0.1, 0.15) is 11.2 Å². The predicted molar refractivity (Wildman–Crippen MR) is 277 cm³/mol. The maximum absolute atomic E-state index is 11.0. The van der Waals surface area contributed by atoms with Gasteiger partial charge in [-0.25, -0.2) is 0 Å². The topological polar surface area (TPSA) is 75.5 Å². The lowest BCUT2D eigenvalue weighted by Crippen LogP contribution is -2.01. The monoisotopic (exact) mass is 865 g/mol. The van der Waals surface area contributed by atoms with Gasteiger partial charge in [0.15, 0.2) is 0 Å². The highest BCUT2D eigenvalue weighted by molar-refractivity contribution is 6.26. The summed E-state index contributed by atoms with van der Waals surface area (Å²) in [6.07, 6.45) is 0. The third kappa shape index (κ3) is 5.37. The van der Waals surface area contributed by atoms with Gasteiger partial charge in [0.25, 0.3) is 0 Å². The van der Waals surface area contributed by atoms with Crippen molar-refractivity contribution in [1.29, 1.82) is 10.5 Å². The molecule has 314 valence electrons. The Labute approximate surface area is 389 Å². The van der Waals surface area contributed by atoms with Crippen LogP contribution in [0, 0.1) is 22.7 Å². The molecule has 0 radical (unpaired) electrons. The third-order valence-corrected chi connectivity index (χ3v) is 13.9. The van der Waals surface area contributed by atoms with Gasteiger partial charge < -0.3 is 18.1 Å². The van der Waals surface area contributed by atoms with Gasteiger partial charge in [-0.15, -0.1) is 0 Å². The molecule has 0 saturated heterocycles. The minimum absolute atomic E-state index is 0.515. The summed E-state index contributed by atoms with van der Waals surface area (Å²) in [4.78, 5) is 0. The second-order valence-corrected chi connectivity index (χ2v) is 17.5. The number of furan rings is 1. The van der Waals surface area contributed by atoms with Crippen LogP contribution in [0.3, 0.4) is 0 Å². The number of nitrogens with zero attached hydrogens (tertiary/aromatic N) is 5. The fourth-order valence-electron chi connectivity index (χ4n) is 11.0. The van der Waals surface area contributed by atoms with Crippen molar-refractivity contribution in [1.82, 2.24) is 13.7 Å². The molecule has 14 aromatic rings. The van der Waals surface area contributed by atoms with E-state index in [0.717, 1.165) is 116 Å². The molecule has 0 spiro atoms. The molecule has 0 aliphatic rings. The number of para-hydroxylation sites is 5. The lowest BCUT2D eigenvalue weighted by Gasteiger charge is -2.17. The highest BCUT2D eigenvalue weighted by Gasteiger charge is 2.23. The molecule has 4 heterocycles. The van der Waals surface area contributed by atoms with Crippen LogP contribution in [-0.2, 0) is 0 Å². The largest absolute Gasteiger partial charge is 0.456 e. The van der Waals surface area contributed by atoms with Gasteiger partial charge in [-0.3, -0.25) is 0 Å². The Morgan fingerprint density at radius 1 is 0.324 bits per heavy atom. The molecular formula is C62H35N5O. The van der Waals surface area contributed by atoms with E-state index in [-0.39, 0.29) is 0 Å². The van der Waals surface area contributed by atoms with Gasteiger partial charge in [0.05, 0.1) is 56.4 Å². The molecule has 0 N–H and O–H groups in total. The van der Waals surface area contributed by atoms with Crippen LogP contribution >= 0.6 is 0 Å². The van der Waals surface area contributed by atoms with Crippen LogP contribution in [0.25, 0.3) is 127 Å². The number of nitriles is 2. The summed E-state index contributed by atoms with van der Waals surface area (Å²) in [5.41, 5.74) is 15.5. The van der Waals surface area contributed by atoms with E-state index >= 15 is 0 Å². The van der Waals surface area contributed by atoms with Crippen LogP contribution in [-0.4, -0.2) is 13.7 Å². The van der Waals surface area contributed by atoms with Gasteiger partial charge in [0.2, 0.25) is 0 Å². The average molecular weight is 866 g/mol. The van der Waals surface area contributed by atoms with E-state index in [1.807, 2.05) is 54.6 Å². The van der Waals surface area contributed by atoms with E-state index in [1.165, 1.54) is 10.8 Å². The van der Waals surface area contributed by atoms with Crippen LogP contribution in [0.15, 0.2) is 217 Å². The molecule has 6 heteroatoms. The minimum Gasteiger partial charge on any atom is -0.456 e. The lowest BCUT2D eigenvalue weighted by molar-refractivity contribution is 0.669. The Morgan fingerprint density at radius 3 is 1.69 bits per heavy atom. The summed E-state index contributed by atoms with van der Waals surface area (Å²) in [5.74, 6) is 0. The number of hydrogen-bond acceptors (Lipinski definition) is 3. The fraction of sp³-hybridized carbons (Fsp3) is 0. The standard InChI is InChI=1S/C62H35N5O/c63-36-39-14-4-5-17-45(39)38-26-27-46(41(30-38)37-64)40-31-43(33-44(32-40)66-54-22-10-7-19-48(54)52-34-53-49-20-9-13-25-59(49)68-60(53)35-58(52)66)65-56-24-12-8-21-51(56)61-57(65)29-28-50-47-18-6-11-23-55(47)67(62(50)61)42-15-2-1-3-16-42/h1-35H. The van der Waals surface area contributed by atoms with Gasteiger partial charge in [-0.05, 0) is 101 Å². The van der Waals surface area contributed by atoms with E-state index in [4.69, 9.17) is 4.42 Å². The molecule has 0 aliphatic carbocycles. The highest BCUT2D eigenvalue weighted by atomic mass is 16.3. The Bertz CT molecular complexity index is 4530. The molecule has 68 heavy (non-hydrogen) atoms. The quantitative estimate of drug-likeness (QED) is 0.173. The van der Waals surface area contributed by atoms with Crippen molar-refractivity contribution in [2.75, 3.05) is 0 Å². The predicted octanol–water partition coefficient (Wildman–Crippen LogP) is 16.0. The van der Waals surface area contributed by atoms with Crippen molar-refractivity contribution in [2.24, 2.45) is 0 Å². The van der Waals surface area contributed by atoms with Crippen molar-refractivity contribution in [2.45, 2.75) is 0 Å². The van der Waals surface area contributed by atoms with Crippen LogP contribution < -0.4 is 0 Å². The number of hydrogen-bond donors (Lipinski definition) is 0. The first kappa shape index (κ1) is 37.7. The van der Waals surface area contributed by atoms with Crippen molar-refractivity contribution in [3.63, 3.8) is 0 Å². The molecule has 4 aromatic heterocycles. The first-order valence-electron chi connectivity index (χ1n) is 22.7. The molecule has 0 bridgehead atoms. The van der Waals surface area contributed by atoms with Crippen molar-refractivity contribution < 1.29 is 4.42 Å². The maximum Gasteiger partial charge on any atom is 0.137 e. The normalized spacial score (nSPS) is 11.8. The van der Waals surface area contributed by atoms with E-state index in [2.05, 4.69) is 184 Å². The smallest absolute Gasteiger partial charge is 0.137 e. The first-order valence-corrected chi connectivity index (χ1v) is 22.7. The number of aromatic nitrogens is 3. The Hall–Kier alpha value is -9.62. The maximum atomic E-state index is 11.0. The molecule has 0 atom stereocenters. The minimum atomic E-state index is 0.515. The average Bonchev–Trinajstić information content (AvgIpc) is 4.14. The molecule has 14 rings (SSSR count). The van der Waals surface area contributed by atoms with Crippen LogP contribution in [0.2, 0.25) is 0 Å². The van der Waals surface area contributed by atoms with E-state index in [0.29, 0.717) is 11.1 Å². The number of rotatable bonds is 5. The van der Waals surface area contributed by atoms with Gasteiger partial charge >= 0.3 is 0 Å². The molecule has 6 nitrogen and oxygen atoms in total.